The van der Waals surface area contributed by atoms with E-state index in [2.05, 4.69) is 10.4 Å². The highest BCUT2D eigenvalue weighted by molar-refractivity contribution is 5.75. The summed E-state index contributed by atoms with van der Waals surface area (Å²) in [6.07, 6.45) is 1.96. The maximum absolute atomic E-state index is 13.9. The Hall–Kier alpha value is -2.37. The van der Waals surface area contributed by atoms with Gasteiger partial charge < -0.3 is 10.2 Å². The molecule has 1 aromatic carbocycles. The molecule has 1 saturated carbocycles. The van der Waals surface area contributed by atoms with E-state index < -0.39 is 0 Å². The average Bonchev–Trinajstić information content (AvgIpc) is 3.39. The molecule has 5 nitrogen and oxygen atoms in total. The fraction of sp³-hybridized carbons (Fsp3) is 0.474. The largest absolute Gasteiger partial charge is 0.334 e. The summed E-state index contributed by atoms with van der Waals surface area (Å²) in [5.41, 5.74) is 3.62. The molecular weight excluding hydrogens is 319 g/mol. The molecule has 0 saturated heterocycles. The Morgan fingerprint density at radius 1 is 1.36 bits per heavy atom. The van der Waals surface area contributed by atoms with E-state index in [9.17, 15) is 9.18 Å². The van der Waals surface area contributed by atoms with Crippen LogP contribution in [0.25, 0.3) is 0 Å². The number of carbonyl (C=O) groups is 1. The molecule has 0 aliphatic heterocycles. The van der Waals surface area contributed by atoms with Crippen LogP contribution in [0, 0.1) is 19.7 Å². The highest BCUT2D eigenvalue weighted by Crippen LogP contribution is 2.29. The van der Waals surface area contributed by atoms with Crippen molar-refractivity contribution in [1.82, 2.24) is 20.0 Å². The predicted molar refractivity (Wildman–Crippen MR) is 94.6 cm³/mol. The van der Waals surface area contributed by atoms with Gasteiger partial charge in [0.2, 0.25) is 0 Å². The molecule has 0 radical (unpaired) electrons. The van der Waals surface area contributed by atoms with Crippen LogP contribution in [0.1, 0.15) is 42.3 Å². The van der Waals surface area contributed by atoms with Crippen LogP contribution in [0.3, 0.4) is 0 Å². The molecule has 1 fully saturated rings. The molecule has 6 heteroatoms. The van der Waals surface area contributed by atoms with Gasteiger partial charge in [0.1, 0.15) is 5.82 Å². The van der Waals surface area contributed by atoms with Crippen molar-refractivity contribution in [3.05, 3.63) is 52.6 Å². The molecule has 3 rings (SSSR count). The van der Waals surface area contributed by atoms with Crippen LogP contribution < -0.4 is 5.32 Å². The van der Waals surface area contributed by atoms with Crippen molar-refractivity contribution in [1.29, 1.82) is 0 Å². The van der Waals surface area contributed by atoms with Gasteiger partial charge in [0.25, 0.3) is 0 Å². The van der Waals surface area contributed by atoms with Crippen LogP contribution >= 0.6 is 0 Å². The second-order valence-electron chi connectivity index (χ2n) is 6.57. The van der Waals surface area contributed by atoms with Crippen molar-refractivity contribution in [2.45, 2.75) is 59.3 Å². The van der Waals surface area contributed by atoms with E-state index in [1.165, 1.54) is 6.07 Å². The normalized spacial score (nSPS) is 13.8. The number of amides is 2. The van der Waals surface area contributed by atoms with Gasteiger partial charge in [0.15, 0.2) is 0 Å². The first-order valence-corrected chi connectivity index (χ1v) is 8.82. The number of aryl methyl sites for hydroxylation is 2. The zero-order valence-electron chi connectivity index (χ0n) is 15.1. The van der Waals surface area contributed by atoms with Crippen molar-refractivity contribution < 1.29 is 9.18 Å². The second kappa shape index (κ2) is 7.25. The smallest absolute Gasteiger partial charge is 0.318 e. The fourth-order valence-electron chi connectivity index (χ4n) is 3.13. The number of halogens is 1. The Bertz CT molecular complexity index is 767. The molecule has 0 bridgehead atoms. The summed E-state index contributed by atoms with van der Waals surface area (Å²) in [7, 11) is 0. The molecule has 0 atom stereocenters. The minimum atomic E-state index is -0.267. The highest BCUT2D eigenvalue weighted by atomic mass is 19.1. The molecule has 0 unspecified atom stereocenters. The van der Waals surface area contributed by atoms with Crippen molar-refractivity contribution in [3.63, 3.8) is 0 Å². The number of carbonyl (C=O) groups excluding carboxylic acids is 1. The lowest BCUT2D eigenvalue weighted by atomic mass is 10.2. The third kappa shape index (κ3) is 3.83. The first-order valence-electron chi connectivity index (χ1n) is 8.82. The Balaban J connectivity index is 1.68. The Morgan fingerprint density at radius 2 is 2.08 bits per heavy atom. The average molecular weight is 344 g/mol. The van der Waals surface area contributed by atoms with E-state index in [1.54, 1.807) is 23.1 Å². The maximum atomic E-state index is 13.9. The lowest BCUT2D eigenvalue weighted by molar-refractivity contribution is 0.191. The summed E-state index contributed by atoms with van der Waals surface area (Å²) in [5.74, 6) is -0.267. The van der Waals surface area contributed by atoms with Crippen molar-refractivity contribution >= 4 is 6.03 Å². The molecular formula is C19H25FN4O. The minimum Gasteiger partial charge on any atom is -0.334 e. The molecule has 134 valence electrons. The molecule has 0 spiro atoms. The van der Waals surface area contributed by atoms with Crippen molar-refractivity contribution in [2.75, 3.05) is 0 Å². The molecule has 2 amide bonds. The third-order valence-corrected chi connectivity index (χ3v) is 4.79. The molecule has 1 aromatic heterocycles. The first-order chi connectivity index (χ1) is 12.0. The first kappa shape index (κ1) is 17.5. The van der Waals surface area contributed by atoms with Crippen LogP contribution in [-0.2, 0) is 19.6 Å². The number of nitrogens with one attached hydrogen (secondary N) is 1. The van der Waals surface area contributed by atoms with Crippen LogP contribution in [0.4, 0.5) is 9.18 Å². The van der Waals surface area contributed by atoms with Gasteiger partial charge in [0, 0.05) is 36.0 Å². The molecule has 1 heterocycles. The van der Waals surface area contributed by atoms with Crippen LogP contribution in [0.15, 0.2) is 24.3 Å². The summed E-state index contributed by atoms with van der Waals surface area (Å²) < 4.78 is 15.9. The van der Waals surface area contributed by atoms with Gasteiger partial charge >= 0.3 is 6.03 Å². The number of rotatable bonds is 6. The third-order valence-electron chi connectivity index (χ3n) is 4.79. The van der Waals surface area contributed by atoms with Gasteiger partial charge in [-0.05, 0) is 39.7 Å². The van der Waals surface area contributed by atoms with Crippen LogP contribution in [0.2, 0.25) is 0 Å². The van der Waals surface area contributed by atoms with E-state index in [1.807, 2.05) is 25.5 Å². The summed E-state index contributed by atoms with van der Waals surface area (Å²) in [6, 6.07) is 6.70. The van der Waals surface area contributed by atoms with Gasteiger partial charge in [0.05, 0.1) is 12.2 Å². The van der Waals surface area contributed by atoms with Gasteiger partial charge in [-0.15, -0.1) is 0 Å². The summed E-state index contributed by atoms with van der Waals surface area (Å²) >= 11 is 0. The zero-order valence-corrected chi connectivity index (χ0v) is 15.1. The van der Waals surface area contributed by atoms with E-state index in [0.29, 0.717) is 18.7 Å². The topological polar surface area (TPSA) is 50.2 Å². The number of aromatic nitrogens is 2. The Labute approximate surface area is 147 Å². The standard InChI is InChI=1S/C19H25FN4O/c1-4-24-14(3)17(13(2)22-24)11-21-19(25)23(16-9-10-16)12-15-7-5-6-8-18(15)20/h5-8,16H,4,9-12H2,1-3H3,(H,21,25). The monoisotopic (exact) mass is 344 g/mol. The lowest BCUT2D eigenvalue weighted by Gasteiger charge is -2.23. The Kier molecular flexibility index (Phi) is 5.06. The number of hydrogen-bond donors (Lipinski definition) is 1. The van der Waals surface area contributed by atoms with Crippen LogP contribution in [0.5, 0.6) is 0 Å². The maximum Gasteiger partial charge on any atom is 0.318 e. The van der Waals surface area contributed by atoms with E-state index in [4.69, 9.17) is 0 Å². The molecule has 1 aliphatic rings. The number of urea groups is 1. The fourth-order valence-corrected chi connectivity index (χ4v) is 3.13. The zero-order chi connectivity index (χ0) is 18.0. The SMILES string of the molecule is CCn1nc(C)c(CNC(=O)N(Cc2ccccc2F)C2CC2)c1C. The molecule has 1 aliphatic carbocycles. The number of hydrogen-bond acceptors (Lipinski definition) is 2. The summed E-state index contributed by atoms with van der Waals surface area (Å²) in [5, 5.41) is 7.47. The number of nitrogens with zero attached hydrogens (tertiary/aromatic N) is 3. The summed E-state index contributed by atoms with van der Waals surface area (Å²) in [6.45, 7) is 7.57. The molecule has 2 aromatic rings. The van der Waals surface area contributed by atoms with E-state index in [0.717, 1.165) is 36.3 Å². The van der Waals surface area contributed by atoms with Crippen molar-refractivity contribution in [2.24, 2.45) is 0 Å². The number of benzene rings is 1. The van der Waals surface area contributed by atoms with E-state index in [-0.39, 0.29) is 17.9 Å². The van der Waals surface area contributed by atoms with E-state index >= 15 is 0 Å². The highest BCUT2D eigenvalue weighted by Gasteiger charge is 2.33. The van der Waals surface area contributed by atoms with Crippen molar-refractivity contribution in [3.8, 4) is 0 Å². The summed E-state index contributed by atoms with van der Waals surface area (Å²) in [4.78, 5) is 14.4. The van der Waals surface area contributed by atoms with Gasteiger partial charge in [-0.2, -0.15) is 5.10 Å². The second-order valence-corrected chi connectivity index (χ2v) is 6.57. The van der Waals surface area contributed by atoms with Crippen LogP contribution in [-0.4, -0.2) is 26.8 Å². The minimum absolute atomic E-state index is 0.145. The Morgan fingerprint density at radius 3 is 2.68 bits per heavy atom. The molecule has 25 heavy (non-hydrogen) atoms. The van der Waals surface area contributed by atoms with Gasteiger partial charge in [-0.1, -0.05) is 18.2 Å². The quantitative estimate of drug-likeness (QED) is 0.871. The predicted octanol–water partition coefficient (Wildman–Crippen LogP) is 3.53. The van der Waals surface area contributed by atoms with Gasteiger partial charge in [-0.3, -0.25) is 4.68 Å². The lowest BCUT2D eigenvalue weighted by Crippen LogP contribution is -2.40. The molecule has 1 N–H and O–H groups in total. The van der Waals surface area contributed by atoms with Gasteiger partial charge in [-0.25, -0.2) is 9.18 Å².